The molecule has 0 saturated heterocycles. The zero-order valence-corrected chi connectivity index (χ0v) is 20.5. The van der Waals surface area contributed by atoms with E-state index < -0.39 is 36.4 Å². The molecule has 3 N–H and O–H groups in total. The third-order valence-corrected chi connectivity index (χ3v) is 1.54. The Morgan fingerprint density at radius 3 is 1.47 bits per heavy atom. The van der Waals surface area contributed by atoms with Crippen molar-refractivity contribution in [2.45, 2.75) is 18.4 Å². The van der Waals surface area contributed by atoms with Crippen molar-refractivity contribution in [2.24, 2.45) is 0 Å². The van der Waals surface area contributed by atoms with Gasteiger partial charge in [0.05, 0.1) is 12.8 Å². The van der Waals surface area contributed by atoms with E-state index in [-0.39, 0.29) is 152 Å². The summed E-state index contributed by atoms with van der Waals surface area (Å²) in [5.41, 5.74) is -2.56. The average Bonchev–Trinajstić information content (AvgIpc) is 2.01. The van der Waals surface area contributed by atoms with Crippen molar-refractivity contribution in [1.82, 2.24) is 0 Å². The summed E-state index contributed by atoms with van der Waals surface area (Å²) in [6.45, 7) is -0.292. The summed E-state index contributed by atoms with van der Waals surface area (Å²) in [6.07, 6.45) is -2.24. The maximum atomic E-state index is 10.7. The largest absolute Gasteiger partial charge is 1.00 e. The Labute approximate surface area is 223 Å². The van der Waals surface area contributed by atoms with Gasteiger partial charge in [-0.15, -0.1) is 0 Å². The molecule has 0 rings (SSSR count). The van der Waals surface area contributed by atoms with Crippen LogP contribution in [-0.4, -0.2) is 45.3 Å². The summed E-state index contributed by atoms with van der Waals surface area (Å²) in [5, 5.41) is 25.4. The Balaban J connectivity index is -0.0000000350. The summed E-state index contributed by atoms with van der Waals surface area (Å²) in [6, 6.07) is 0. The van der Waals surface area contributed by atoms with Crippen molar-refractivity contribution in [1.29, 1.82) is 0 Å². The SMILES string of the molecule is O=COC(CC(=O)O)(CC(=O)O)C(=O)O.[H-].[H-].[H-].[H-].[K+].[Na+].[Na+].[Na+]. The van der Waals surface area contributed by atoms with Crippen molar-refractivity contribution in [3.05, 3.63) is 0 Å². The number of hydrogen-bond donors (Lipinski definition) is 3. The molecule has 12 heteroatoms. The normalized spacial score (nSPS) is 8.21. The molecule has 8 nitrogen and oxygen atoms in total. The van der Waals surface area contributed by atoms with Gasteiger partial charge in [0.15, 0.2) is 0 Å². The number of carbonyl (C=O) groups excluding carboxylic acids is 1. The van der Waals surface area contributed by atoms with E-state index >= 15 is 0 Å². The molecule has 0 fully saturated rings. The van der Waals surface area contributed by atoms with Crippen molar-refractivity contribution in [2.75, 3.05) is 0 Å². The second-order valence-corrected chi connectivity index (χ2v) is 2.65. The van der Waals surface area contributed by atoms with Gasteiger partial charge in [-0.25, -0.2) is 4.79 Å². The maximum absolute atomic E-state index is 10.7. The first-order valence-electron chi connectivity index (χ1n) is 3.62. The number of aliphatic carboxylic acids is 3. The standard InChI is InChI=1S/C7H8O8.K.3Na.4H/c8-3-15-7(6(13)14,1-4(9)10)2-5(11)12;;;;;;;;/h3H,1-2H2,(H,9,10)(H,11,12)(H,13,14);;;;;;;;/q;4*+1;4*-1. The van der Waals surface area contributed by atoms with E-state index in [2.05, 4.69) is 4.74 Å². The van der Waals surface area contributed by atoms with E-state index in [0.717, 1.165) is 0 Å². The van der Waals surface area contributed by atoms with Gasteiger partial charge >= 0.3 is 158 Å². The maximum Gasteiger partial charge on any atom is 1.00 e. The van der Waals surface area contributed by atoms with Crippen molar-refractivity contribution in [3.8, 4) is 0 Å². The molecule has 0 radical (unpaired) electrons. The fourth-order valence-corrected chi connectivity index (χ4v) is 0.928. The van der Waals surface area contributed by atoms with Gasteiger partial charge in [0, 0.05) is 0 Å². The Morgan fingerprint density at radius 2 is 1.32 bits per heavy atom. The van der Waals surface area contributed by atoms with Crippen molar-refractivity contribution in [3.63, 3.8) is 0 Å². The van der Waals surface area contributed by atoms with Crippen LogP contribution < -0.4 is 140 Å². The average molecular weight is 332 g/mol. The monoisotopic (exact) mass is 332 g/mol. The van der Waals surface area contributed by atoms with E-state index in [1.165, 1.54) is 0 Å². The molecule has 0 aliphatic heterocycles. The molecule has 0 aromatic carbocycles. The van der Waals surface area contributed by atoms with Crippen LogP contribution in [0.25, 0.3) is 0 Å². The quantitative estimate of drug-likeness (QED) is 0.309. The first-order valence-corrected chi connectivity index (χ1v) is 3.62. The molecule has 0 bridgehead atoms. The second kappa shape index (κ2) is 16.9. The van der Waals surface area contributed by atoms with Crippen LogP contribution in [0.4, 0.5) is 0 Å². The number of rotatable bonds is 7. The van der Waals surface area contributed by atoms with Gasteiger partial charge in [-0.1, -0.05) is 0 Å². The summed E-state index contributed by atoms with van der Waals surface area (Å²) in [7, 11) is 0. The third-order valence-electron chi connectivity index (χ3n) is 1.54. The molecule has 0 aliphatic rings. The molecule has 0 amide bonds. The van der Waals surface area contributed by atoms with Crippen LogP contribution >= 0.6 is 0 Å². The van der Waals surface area contributed by atoms with Gasteiger partial charge in [0.25, 0.3) is 6.47 Å². The van der Waals surface area contributed by atoms with Gasteiger partial charge in [0.2, 0.25) is 5.60 Å². The van der Waals surface area contributed by atoms with E-state index in [9.17, 15) is 19.2 Å². The fourth-order valence-electron chi connectivity index (χ4n) is 0.928. The number of carbonyl (C=O) groups is 4. The van der Waals surface area contributed by atoms with E-state index in [4.69, 9.17) is 15.3 Å². The molecule has 0 aromatic heterocycles. The number of ether oxygens (including phenoxy) is 1. The van der Waals surface area contributed by atoms with E-state index in [0.29, 0.717) is 0 Å². The summed E-state index contributed by atoms with van der Waals surface area (Å²) in [5.74, 6) is -4.99. The Morgan fingerprint density at radius 1 is 1.00 bits per heavy atom. The molecule has 19 heavy (non-hydrogen) atoms. The zero-order chi connectivity index (χ0) is 12.1. The molecular formula is C7H12KNa3O8. The minimum atomic E-state index is -2.56. The van der Waals surface area contributed by atoms with Crippen LogP contribution in [0.1, 0.15) is 18.5 Å². The minimum absolute atomic E-state index is 0. The van der Waals surface area contributed by atoms with Gasteiger partial charge < -0.3 is 25.8 Å². The van der Waals surface area contributed by atoms with Crippen LogP contribution in [0.3, 0.4) is 0 Å². The van der Waals surface area contributed by atoms with Crippen molar-refractivity contribution < 1.29 is 185 Å². The summed E-state index contributed by atoms with van der Waals surface area (Å²) in [4.78, 5) is 41.3. The van der Waals surface area contributed by atoms with Crippen LogP contribution in [0.15, 0.2) is 0 Å². The van der Waals surface area contributed by atoms with Gasteiger partial charge in [-0.3, -0.25) is 14.4 Å². The summed E-state index contributed by atoms with van der Waals surface area (Å²) >= 11 is 0. The molecule has 0 heterocycles. The number of hydrogen-bond acceptors (Lipinski definition) is 5. The first-order chi connectivity index (χ1) is 6.84. The molecule has 0 aromatic rings. The molecule has 0 atom stereocenters. The Kier molecular flexibility index (Phi) is 29.5. The molecular weight excluding hydrogens is 320 g/mol. The van der Waals surface area contributed by atoms with Crippen LogP contribution in [0.2, 0.25) is 0 Å². The molecule has 0 spiro atoms. The fraction of sp³-hybridized carbons (Fsp3) is 0.429. The molecule has 0 unspecified atom stereocenters. The number of carboxylic acids is 3. The predicted molar refractivity (Wildman–Crippen MR) is 46.5 cm³/mol. The van der Waals surface area contributed by atoms with Gasteiger partial charge in [0.1, 0.15) is 0 Å². The Bertz CT molecular complexity index is 310. The summed E-state index contributed by atoms with van der Waals surface area (Å²) < 4.78 is 4.07. The molecule has 92 valence electrons. The van der Waals surface area contributed by atoms with E-state index in [1.54, 1.807) is 0 Å². The van der Waals surface area contributed by atoms with Crippen LogP contribution in [-0.2, 0) is 23.9 Å². The van der Waals surface area contributed by atoms with Crippen LogP contribution in [0.5, 0.6) is 0 Å². The molecule has 0 saturated carbocycles. The Hall–Kier alpha value is 2.52. The second-order valence-electron chi connectivity index (χ2n) is 2.65. The smallest absolute Gasteiger partial charge is 1.00 e. The van der Waals surface area contributed by atoms with E-state index in [1.807, 2.05) is 0 Å². The predicted octanol–water partition coefficient (Wildman–Crippen LogP) is -12.6. The van der Waals surface area contributed by atoms with Gasteiger partial charge in [-0.2, -0.15) is 0 Å². The zero-order valence-electron chi connectivity index (χ0n) is 15.4. The third kappa shape index (κ3) is 13.9. The number of carboxylic acid groups (broad SMARTS) is 3. The van der Waals surface area contributed by atoms with Gasteiger partial charge in [-0.05, 0) is 0 Å². The topological polar surface area (TPSA) is 138 Å². The minimum Gasteiger partial charge on any atom is -1.00 e. The van der Waals surface area contributed by atoms with Crippen LogP contribution in [0, 0.1) is 0 Å². The van der Waals surface area contributed by atoms with Crippen molar-refractivity contribution >= 4 is 24.4 Å². The molecule has 0 aliphatic carbocycles. The first kappa shape index (κ1) is 33.2.